The van der Waals surface area contributed by atoms with Crippen molar-refractivity contribution in [3.63, 3.8) is 0 Å². The maximum Gasteiger partial charge on any atom is 0.363 e. The highest BCUT2D eigenvalue weighted by atomic mass is 35.5. The number of carbonyl (C=O) groups is 1. The predicted molar refractivity (Wildman–Crippen MR) is 114 cm³/mol. The van der Waals surface area contributed by atoms with Crippen molar-refractivity contribution >= 4 is 41.1 Å². The molecule has 3 aromatic rings. The number of carbonyl (C=O) groups excluding carboxylic acids is 1. The van der Waals surface area contributed by atoms with Crippen molar-refractivity contribution in [3.8, 4) is 5.75 Å². The molecule has 0 aromatic heterocycles. The van der Waals surface area contributed by atoms with Crippen LogP contribution in [0.25, 0.3) is 6.08 Å². The number of nitrogens with zero attached hydrogens (tertiary/aromatic N) is 1. The normalized spacial score (nSPS) is 14.6. The first-order chi connectivity index (χ1) is 14.1. The van der Waals surface area contributed by atoms with Crippen LogP contribution >= 0.6 is 23.2 Å². The Labute approximate surface area is 178 Å². The molecule has 0 radical (unpaired) electrons. The lowest BCUT2D eigenvalue weighted by Gasteiger charge is -2.09. The van der Waals surface area contributed by atoms with E-state index in [1.807, 2.05) is 54.6 Å². The van der Waals surface area contributed by atoms with Crippen LogP contribution in [0.1, 0.15) is 16.7 Å². The third-order valence-corrected chi connectivity index (χ3v) is 4.79. The topological polar surface area (TPSA) is 47.9 Å². The molecule has 3 aromatic carbocycles. The Morgan fingerprint density at radius 2 is 1.72 bits per heavy atom. The highest BCUT2D eigenvalue weighted by Gasteiger charge is 2.26. The lowest BCUT2D eigenvalue weighted by atomic mass is 10.1. The molecule has 0 bridgehead atoms. The van der Waals surface area contributed by atoms with Gasteiger partial charge in [-0.2, -0.15) is 0 Å². The number of para-hydroxylation sites is 1. The second kappa shape index (κ2) is 8.52. The highest BCUT2D eigenvalue weighted by molar-refractivity contribution is 6.36. The van der Waals surface area contributed by atoms with Crippen LogP contribution in [-0.4, -0.2) is 11.9 Å². The summed E-state index contributed by atoms with van der Waals surface area (Å²) in [5.74, 6) is 0.200. The standard InChI is InChI=1S/C23H15Cl2NO3/c24-17-10-11-19(25)18(13-17)22-26-20(23(27)29-22)12-16-8-4-5-9-21(16)28-14-15-6-2-1-3-7-15/h1-13H,14H2. The monoisotopic (exact) mass is 423 g/mol. The fraction of sp³-hybridized carbons (Fsp3) is 0.0435. The van der Waals surface area contributed by atoms with Crippen LogP contribution < -0.4 is 4.74 Å². The van der Waals surface area contributed by atoms with Gasteiger partial charge in [-0.05, 0) is 35.9 Å². The van der Waals surface area contributed by atoms with Gasteiger partial charge in [0.2, 0.25) is 5.90 Å². The first-order valence-electron chi connectivity index (χ1n) is 8.84. The number of rotatable bonds is 5. The molecule has 4 nitrogen and oxygen atoms in total. The average molecular weight is 424 g/mol. The van der Waals surface area contributed by atoms with E-state index < -0.39 is 5.97 Å². The van der Waals surface area contributed by atoms with Crippen LogP contribution in [0.5, 0.6) is 5.75 Å². The number of hydrogen-bond donors (Lipinski definition) is 0. The Hall–Kier alpha value is -3.08. The molecule has 0 fully saturated rings. The van der Waals surface area contributed by atoms with Gasteiger partial charge in [-0.1, -0.05) is 71.7 Å². The molecule has 144 valence electrons. The molecular weight excluding hydrogens is 409 g/mol. The molecule has 4 rings (SSSR count). The minimum atomic E-state index is -0.561. The van der Waals surface area contributed by atoms with Crippen molar-refractivity contribution in [2.45, 2.75) is 6.61 Å². The average Bonchev–Trinajstić information content (AvgIpc) is 3.10. The molecule has 0 saturated carbocycles. The maximum atomic E-state index is 12.3. The SMILES string of the molecule is O=C1OC(c2cc(Cl)ccc2Cl)=NC1=Cc1ccccc1OCc1ccccc1. The van der Waals surface area contributed by atoms with Crippen molar-refractivity contribution in [2.75, 3.05) is 0 Å². The first-order valence-corrected chi connectivity index (χ1v) is 9.59. The number of cyclic esters (lactones) is 1. The van der Waals surface area contributed by atoms with E-state index in [9.17, 15) is 4.79 Å². The quantitative estimate of drug-likeness (QED) is 0.378. The summed E-state index contributed by atoms with van der Waals surface area (Å²) in [7, 11) is 0. The molecule has 0 saturated heterocycles. The van der Waals surface area contributed by atoms with Crippen LogP contribution in [0.2, 0.25) is 10.0 Å². The summed E-state index contributed by atoms with van der Waals surface area (Å²) < 4.78 is 11.2. The van der Waals surface area contributed by atoms with Crippen molar-refractivity contribution in [2.24, 2.45) is 4.99 Å². The molecule has 1 aliphatic heterocycles. The van der Waals surface area contributed by atoms with Gasteiger partial charge in [0.25, 0.3) is 0 Å². The second-order valence-electron chi connectivity index (χ2n) is 6.27. The Morgan fingerprint density at radius 3 is 2.55 bits per heavy atom. The molecular formula is C23H15Cl2NO3. The summed E-state index contributed by atoms with van der Waals surface area (Å²) in [6, 6.07) is 22.2. The Bertz CT molecular complexity index is 1120. The Morgan fingerprint density at radius 1 is 0.966 bits per heavy atom. The van der Waals surface area contributed by atoms with Crippen LogP contribution in [0, 0.1) is 0 Å². The third-order valence-electron chi connectivity index (χ3n) is 4.23. The number of aliphatic imine (C=N–C) groups is 1. The van der Waals surface area contributed by atoms with E-state index in [4.69, 9.17) is 32.7 Å². The fourth-order valence-electron chi connectivity index (χ4n) is 2.80. The molecule has 0 amide bonds. The summed E-state index contributed by atoms with van der Waals surface area (Å²) in [6.07, 6.45) is 1.63. The second-order valence-corrected chi connectivity index (χ2v) is 7.12. The first kappa shape index (κ1) is 19.2. The number of halogens is 2. The Kier molecular flexibility index (Phi) is 5.65. The van der Waals surface area contributed by atoms with Crippen LogP contribution in [0.4, 0.5) is 0 Å². The van der Waals surface area contributed by atoms with Crippen molar-refractivity contribution in [3.05, 3.63) is 105 Å². The minimum absolute atomic E-state index is 0.122. The van der Waals surface area contributed by atoms with Crippen molar-refractivity contribution in [1.82, 2.24) is 0 Å². The van der Waals surface area contributed by atoms with Gasteiger partial charge in [-0.3, -0.25) is 0 Å². The molecule has 0 N–H and O–H groups in total. The molecule has 6 heteroatoms. The van der Waals surface area contributed by atoms with Gasteiger partial charge in [-0.25, -0.2) is 9.79 Å². The summed E-state index contributed by atoms with van der Waals surface area (Å²) in [4.78, 5) is 16.6. The van der Waals surface area contributed by atoms with E-state index in [2.05, 4.69) is 4.99 Å². The van der Waals surface area contributed by atoms with Crippen molar-refractivity contribution in [1.29, 1.82) is 0 Å². The molecule has 0 aliphatic carbocycles. The zero-order chi connectivity index (χ0) is 20.2. The van der Waals surface area contributed by atoms with E-state index in [1.54, 1.807) is 24.3 Å². The maximum absolute atomic E-state index is 12.3. The van der Waals surface area contributed by atoms with Crippen LogP contribution in [0.15, 0.2) is 83.5 Å². The van der Waals surface area contributed by atoms with Gasteiger partial charge in [0.1, 0.15) is 12.4 Å². The molecule has 0 unspecified atom stereocenters. The van der Waals surface area contributed by atoms with Crippen molar-refractivity contribution < 1.29 is 14.3 Å². The number of hydrogen-bond acceptors (Lipinski definition) is 4. The van der Waals surface area contributed by atoms with Crippen LogP contribution in [-0.2, 0) is 16.1 Å². The van der Waals surface area contributed by atoms with Gasteiger partial charge >= 0.3 is 5.97 Å². The van der Waals surface area contributed by atoms with Gasteiger partial charge in [-0.15, -0.1) is 0 Å². The van der Waals surface area contributed by atoms with E-state index in [-0.39, 0.29) is 11.6 Å². The lowest BCUT2D eigenvalue weighted by molar-refractivity contribution is -0.129. The largest absolute Gasteiger partial charge is 0.488 e. The number of ether oxygens (including phenoxy) is 2. The summed E-state index contributed by atoms with van der Waals surface area (Å²) in [5.41, 5.74) is 2.39. The van der Waals surface area contributed by atoms with Gasteiger partial charge in [0.15, 0.2) is 5.70 Å². The van der Waals surface area contributed by atoms with E-state index in [0.29, 0.717) is 28.0 Å². The predicted octanol–water partition coefficient (Wildman–Crippen LogP) is 5.92. The highest BCUT2D eigenvalue weighted by Crippen LogP contribution is 2.28. The Balaban J connectivity index is 1.61. The van der Waals surface area contributed by atoms with Crippen LogP contribution in [0.3, 0.4) is 0 Å². The van der Waals surface area contributed by atoms with E-state index in [0.717, 1.165) is 11.1 Å². The fourth-order valence-corrected chi connectivity index (χ4v) is 3.17. The molecule has 29 heavy (non-hydrogen) atoms. The summed E-state index contributed by atoms with van der Waals surface area (Å²) in [5, 5.41) is 0.869. The number of benzene rings is 3. The van der Waals surface area contributed by atoms with E-state index >= 15 is 0 Å². The zero-order valence-electron chi connectivity index (χ0n) is 15.1. The molecule has 0 atom stereocenters. The minimum Gasteiger partial charge on any atom is -0.488 e. The smallest absolute Gasteiger partial charge is 0.363 e. The van der Waals surface area contributed by atoms with Gasteiger partial charge in [0.05, 0.1) is 10.6 Å². The summed E-state index contributed by atoms with van der Waals surface area (Å²) >= 11 is 12.2. The zero-order valence-corrected chi connectivity index (χ0v) is 16.7. The van der Waals surface area contributed by atoms with E-state index in [1.165, 1.54) is 0 Å². The lowest BCUT2D eigenvalue weighted by Crippen LogP contribution is -2.06. The molecule has 1 heterocycles. The molecule has 0 spiro atoms. The third kappa shape index (κ3) is 4.50. The number of esters is 1. The summed E-state index contributed by atoms with van der Waals surface area (Å²) in [6.45, 7) is 0.415. The van der Waals surface area contributed by atoms with Gasteiger partial charge < -0.3 is 9.47 Å². The van der Waals surface area contributed by atoms with Gasteiger partial charge in [0, 0.05) is 10.6 Å². The molecule has 1 aliphatic rings.